The standard InChI is InChI=1S/C26H32N8OS/c1-17-4-6-20(12-30-17)13-31-26(35)21-11-22(34(28)25(32-27)10-19-7-8-19)16-33(15-21)23(14-29-3)24-9-5-18(2)36-24/h4-6,9,11-12,14-15,19H,3,7-8,10,13,16,27-28H2,1-2H3,(H,31,35)/b23-14-,32-25-. The van der Waals surface area contributed by atoms with Crippen LogP contribution in [0.5, 0.6) is 0 Å². The molecule has 2 aliphatic rings. The van der Waals surface area contributed by atoms with Gasteiger partial charge in [0, 0.05) is 35.9 Å². The number of hydrazone groups is 1. The lowest BCUT2D eigenvalue weighted by Crippen LogP contribution is -2.42. The largest absolute Gasteiger partial charge is 0.348 e. The summed E-state index contributed by atoms with van der Waals surface area (Å²) in [5.41, 5.74) is 3.82. The molecule has 1 aliphatic carbocycles. The van der Waals surface area contributed by atoms with Crippen molar-refractivity contribution in [3.8, 4) is 0 Å². The number of nitrogens with zero attached hydrogens (tertiary/aromatic N) is 5. The molecule has 10 heteroatoms. The number of nitrogens with one attached hydrogen (secondary N) is 1. The van der Waals surface area contributed by atoms with Gasteiger partial charge in [-0.3, -0.25) is 19.8 Å². The van der Waals surface area contributed by atoms with Gasteiger partial charge >= 0.3 is 0 Å². The number of rotatable bonds is 9. The maximum Gasteiger partial charge on any atom is 0.253 e. The number of amides is 1. The van der Waals surface area contributed by atoms with E-state index in [4.69, 9.17) is 11.7 Å². The molecule has 0 atom stereocenters. The van der Waals surface area contributed by atoms with E-state index in [-0.39, 0.29) is 5.91 Å². The summed E-state index contributed by atoms with van der Waals surface area (Å²) in [6.07, 6.45) is 10.1. The highest BCUT2D eigenvalue weighted by molar-refractivity contribution is 7.13. The third kappa shape index (κ3) is 6.27. The Morgan fingerprint density at radius 3 is 2.75 bits per heavy atom. The van der Waals surface area contributed by atoms with Crippen molar-refractivity contribution in [3.63, 3.8) is 0 Å². The van der Waals surface area contributed by atoms with Gasteiger partial charge in [-0.05, 0) is 69.2 Å². The van der Waals surface area contributed by atoms with Crippen LogP contribution in [0.25, 0.3) is 5.70 Å². The number of nitrogens with two attached hydrogens (primary N) is 2. The molecular weight excluding hydrogens is 472 g/mol. The zero-order chi connectivity index (χ0) is 25.7. The summed E-state index contributed by atoms with van der Waals surface area (Å²) in [6.45, 7) is 8.39. The van der Waals surface area contributed by atoms with Crippen molar-refractivity contribution in [3.05, 3.63) is 81.2 Å². The fourth-order valence-corrected chi connectivity index (χ4v) is 4.75. The lowest BCUT2D eigenvalue weighted by molar-refractivity contribution is -0.117. The van der Waals surface area contributed by atoms with E-state index >= 15 is 0 Å². The second-order valence-corrected chi connectivity index (χ2v) is 10.3. The predicted octanol–water partition coefficient (Wildman–Crippen LogP) is 3.41. The minimum Gasteiger partial charge on any atom is -0.348 e. The lowest BCUT2D eigenvalue weighted by Gasteiger charge is -2.32. The van der Waals surface area contributed by atoms with E-state index < -0.39 is 0 Å². The van der Waals surface area contributed by atoms with Crippen LogP contribution in [0, 0.1) is 19.8 Å². The molecule has 0 radical (unpaired) electrons. The van der Waals surface area contributed by atoms with E-state index in [2.05, 4.69) is 33.2 Å². The molecule has 1 fully saturated rings. The fraction of sp³-hybridized carbons (Fsp3) is 0.308. The SMILES string of the molecule is C=N/C=C(/c1ccc(C)s1)N1C=C(C(=O)NCc2ccc(C)nc2)C=C(N(N)/C(CC2CC2)=N\N)C1. The Labute approximate surface area is 215 Å². The van der Waals surface area contributed by atoms with Crippen molar-refractivity contribution in [1.29, 1.82) is 0 Å². The predicted molar refractivity (Wildman–Crippen MR) is 145 cm³/mol. The van der Waals surface area contributed by atoms with Gasteiger partial charge in [-0.1, -0.05) is 6.07 Å². The number of aromatic nitrogens is 1. The number of hydrogen-bond acceptors (Lipinski definition) is 8. The third-order valence-electron chi connectivity index (χ3n) is 6.06. The Hall–Kier alpha value is -3.76. The monoisotopic (exact) mass is 504 g/mol. The van der Waals surface area contributed by atoms with Crippen LogP contribution in [0.4, 0.5) is 0 Å². The van der Waals surface area contributed by atoms with Crippen molar-refractivity contribution in [1.82, 2.24) is 20.2 Å². The molecule has 3 heterocycles. The van der Waals surface area contributed by atoms with Gasteiger partial charge in [0.05, 0.1) is 34.6 Å². The van der Waals surface area contributed by atoms with Gasteiger partial charge in [0.2, 0.25) is 0 Å². The Morgan fingerprint density at radius 2 is 2.14 bits per heavy atom. The van der Waals surface area contributed by atoms with E-state index in [1.165, 1.54) is 9.89 Å². The van der Waals surface area contributed by atoms with Crippen molar-refractivity contribution >= 4 is 35.5 Å². The number of hydrazine groups is 1. The minimum absolute atomic E-state index is 0.229. The molecule has 36 heavy (non-hydrogen) atoms. The molecule has 5 N–H and O–H groups in total. The van der Waals surface area contributed by atoms with Crippen molar-refractivity contribution < 1.29 is 4.79 Å². The molecule has 2 aromatic heterocycles. The molecular formula is C26H32N8OS. The van der Waals surface area contributed by atoms with Crippen molar-refractivity contribution in [2.75, 3.05) is 6.54 Å². The van der Waals surface area contributed by atoms with Gasteiger partial charge in [0.25, 0.3) is 5.91 Å². The first kappa shape index (κ1) is 25.3. The zero-order valence-electron chi connectivity index (χ0n) is 20.6. The summed E-state index contributed by atoms with van der Waals surface area (Å²) in [7, 11) is 0. The van der Waals surface area contributed by atoms with Crippen LogP contribution in [0.15, 0.2) is 70.3 Å². The molecule has 1 amide bonds. The summed E-state index contributed by atoms with van der Waals surface area (Å²) in [4.78, 5) is 25.7. The number of aliphatic imine (C=N–C) groups is 1. The van der Waals surface area contributed by atoms with E-state index in [0.717, 1.165) is 34.7 Å². The highest BCUT2D eigenvalue weighted by Gasteiger charge is 2.29. The van der Waals surface area contributed by atoms with Gasteiger partial charge < -0.3 is 16.1 Å². The molecule has 9 nitrogen and oxygen atoms in total. The average molecular weight is 505 g/mol. The number of thiophene rings is 1. The second kappa shape index (κ2) is 11.3. The molecule has 188 valence electrons. The number of carbonyl (C=O) groups is 1. The van der Waals surface area contributed by atoms with E-state index in [1.54, 1.807) is 29.8 Å². The molecule has 0 unspecified atom stereocenters. The number of amidine groups is 1. The van der Waals surface area contributed by atoms with Gasteiger partial charge in [0.1, 0.15) is 5.84 Å². The van der Waals surface area contributed by atoms with Gasteiger partial charge in [-0.25, -0.2) is 5.84 Å². The zero-order valence-corrected chi connectivity index (χ0v) is 21.5. The van der Waals surface area contributed by atoms with Crippen LogP contribution < -0.4 is 17.0 Å². The summed E-state index contributed by atoms with van der Waals surface area (Å²) in [5.74, 6) is 13.1. The number of hydrogen-bond donors (Lipinski definition) is 3. The third-order valence-corrected chi connectivity index (χ3v) is 7.08. The highest BCUT2D eigenvalue weighted by atomic mass is 32.1. The average Bonchev–Trinajstić information content (AvgIpc) is 3.61. The van der Waals surface area contributed by atoms with E-state index in [1.807, 2.05) is 43.1 Å². The lowest BCUT2D eigenvalue weighted by atomic mass is 10.1. The Morgan fingerprint density at radius 1 is 1.33 bits per heavy atom. The van der Waals surface area contributed by atoms with Crippen LogP contribution in [-0.4, -0.2) is 39.9 Å². The number of pyridine rings is 1. The summed E-state index contributed by atoms with van der Waals surface area (Å²) < 4.78 is 0. The second-order valence-electron chi connectivity index (χ2n) is 9.01. The Balaban J connectivity index is 1.62. The molecule has 0 bridgehead atoms. The van der Waals surface area contributed by atoms with Crippen LogP contribution >= 0.6 is 11.3 Å². The minimum atomic E-state index is -0.229. The van der Waals surface area contributed by atoms with Crippen LogP contribution in [0.1, 0.15) is 40.3 Å². The highest BCUT2D eigenvalue weighted by Crippen LogP contribution is 2.34. The normalized spacial score (nSPS) is 16.4. The summed E-state index contributed by atoms with van der Waals surface area (Å²) >= 11 is 1.64. The van der Waals surface area contributed by atoms with Crippen LogP contribution in [0.3, 0.4) is 0 Å². The molecule has 0 aromatic carbocycles. The maximum atomic E-state index is 13.3. The van der Waals surface area contributed by atoms with Crippen molar-refractivity contribution in [2.45, 2.75) is 39.7 Å². The quantitative estimate of drug-likeness (QED) is 0.208. The molecule has 1 saturated carbocycles. The van der Waals surface area contributed by atoms with Gasteiger partial charge in [-0.15, -0.1) is 11.3 Å². The molecule has 0 saturated heterocycles. The molecule has 0 spiro atoms. The molecule has 2 aromatic rings. The number of carbonyl (C=O) groups excluding carboxylic acids is 1. The number of aryl methyl sites for hydroxylation is 2. The first-order valence-electron chi connectivity index (χ1n) is 11.8. The van der Waals surface area contributed by atoms with Gasteiger partial charge in [0.15, 0.2) is 0 Å². The van der Waals surface area contributed by atoms with E-state index in [9.17, 15) is 4.79 Å². The summed E-state index contributed by atoms with van der Waals surface area (Å²) in [5, 5.41) is 8.45. The topological polar surface area (TPSA) is 125 Å². The smallest absolute Gasteiger partial charge is 0.253 e. The maximum absolute atomic E-state index is 13.3. The van der Waals surface area contributed by atoms with Gasteiger partial charge in [-0.2, -0.15) is 5.10 Å². The fourth-order valence-electron chi connectivity index (χ4n) is 3.86. The van der Waals surface area contributed by atoms with Crippen molar-refractivity contribution in [2.24, 2.45) is 27.7 Å². The Bertz CT molecular complexity index is 1240. The van der Waals surface area contributed by atoms with E-state index in [0.29, 0.717) is 42.5 Å². The molecule has 1 aliphatic heterocycles. The van der Waals surface area contributed by atoms with Crippen LogP contribution in [-0.2, 0) is 11.3 Å². The first-order chi connectivity index (χ1) is 17.4. The first-order valence-corrected chi connectivity index (χ1v) is 12.6. The van der Waals surface area contributed by atoms with Crippen LogP contribution in [0.2, 0.25) is 0 Å². The Kier molecular flexibility index (Phi) is 7.97. The summed E-state index contributed by atoms with van der Waals surface area (Å²) in [6, 6.07) is 7.95. The molecule has 4 rings (SSSR count).